The molecule has 3 heterocycles. The second-order valence-electron chi connectivity index (χ2n) is 13.4. The molecule has 5 rings (SSSR count). The van der Waals surface area contributed by atoms with Gasteiger partial charge in [-0.1, -0.05) is 12.8 Å². The van der Waals surface area contributed by atoms with Crippen molar-refractivity contribution in [2.45, 2.75) is 94.5 Å². The summed E-state index contributed by atoms with van der Waals surface area (Å²) in [7, 11) is -8.71. The molecule has 2 aliphatic carbocycles. The summed E-state index contributed by atoms with van der Waals surface area (Å²) in [6, 6.07) is 0.408. The van der Waals surface area contributed by atoms with E-state index in [1.54, 1.807) is 0 Å². The van der Waals surface area contributed by atoms with Crippen LogP contribution in [-0.4, -0.2) is 151 Å². The van der Waals surface area contributed by atoms with Gasteiger partial charge in [0.1, 0.15) is 37.7 Å². The zero-order valence-corrected chi connectivity index (χ0v) is 35.8. The number of hydrogen-bond acceptors (Lipinski definition) is 21. The molecule has 0 radical (unpaired) electrons. The molecule has 21 nitrogen and oxygen atoms in total. The third-order valence-electron chi connectivity index (χ3n) is 9.63. The van der Waals surface area contributed by atoms with E-state index in [0.29, 0.717) is 38.1 Å². The van der Waals surface area contributed by atoms with E-state index in [0.717, 1.165) is 38.5 Å². The van der Waals surface area contributed by atoms with Crippen molar-refractivity contribution in [1.82, 2.24) is 63.8 Å². The Morgan fingerprint density at radius 1 is 0.635 bits per heavy atom. The van der Waals surface area contributed by atoms with Crippen molar-refractivity contribution in [3.8, 4) is 0 Å². The van der Waals surface area contributed by atoms with Gasteiger partial charge in [-0.3, -0.25) is 63.8 Å². The summed E-state index contributed by atoms with van der Waals surface area (Å²) < 4.78 is 77.7. The van der Waals surface area contributed by atoms with Crippen LogP contribution in [0.2, 0.25) is 0 Å². The summed E-state index contributed by atoms with van der Waals surface area (Å²) >= 11 is 0. The number of fused-ring (bicyclic) bond motifs is 1. The summed E-state index contributed by atoms with van der Waals surface area (Å²) in [5.74, 6) is -0.254. The second kappa shape index (κ2) is 23.6. The molecule has 5 fully saturated rings. The van der Waals surface area contributed by atoms with Crippen molar-refractivity contribution in [3.05, 3.63) is 0 Å². The van der Waals surface area contributed by atoms with Gasteiger partial charge in [0.05, 0.1) is 64.3 Å². The Morgan fingerprint density at radius 2 is 1.06 bits per heavy atom. The second-order valence-corrected chi connectivity index (χ2v) is 16.5. The van der Waals surface area contributed by atoms with Gasteiger partial charge in [-0.2, -0.15) is 0 Å². The first kappa shape index (κ1) is 47.6. The van der Waals surface area contributed by atoms with E-state index in [-0.39, 0.29) is 129 Å². The predicted molar refractivity (Wildman–Crippen MR) is 179 cm³/mol. The number of aliphatic hydroxyl groups is 1. The van der Waals surface area contributed by atoms with Crippen molar-refractivity contribution in [2.24, 2.45) is 11.8 Å². The fourth-order valence-electron chi connectivity index (χ4n) is 7.33. The van der Waals surface area contributed by atoms with Crippen LogP contribution in [0.1, 0.15) is 38.5 Å². The fraction of sp³-hybridized carbons (Fsp3) is 1.00. The first-order chi connectivity index (χ1) is 23.9. The van der Waals surface area contributed by atoms with Crippen LogP contribution in [-0.2, 0) is 29.7 Å². The summed E-state index contributed by atoms with van der Waals surface area (Å²) in [4.78, 5) is 0. The van der Waals surface area contributed by atoms with Gasteiger partial charge >= 0.3 is 59.1 Å². The Kier molecular flexibility index (Phi) is 21.6. The van der Waals surface area contributed by atoms with Crippen LogP contribution in [0.3, 0.4) is 0 Å². The third kappa shape index (κ3) is 17.4. The van der Waals surface area contributed by atoms with Gasteiger partial charge in [0.2, 0.25) is 0 Å². The van der Waals surface area contributed by atoms with E-state index < -0.39 is 44.3 Å². The molecule has 292 valence electrons. The van der Waals surface area contributed by atoms with E-state index in [1.165, 1.54) is 0 Å². The standard InChI is InChI=1S/C27H58N12O9S2.2Na/c40-10-12-47-11-7-28-22-34-23(29-8-13-49(41,42)43)37-26(36-22)32-20-5-1-4-19-18(20)3-2-6-21(19)33-27-38-24(30-9-14-50(44,45)46)35-25(39-27)31-15-17-16-48-17;;/h17-40H,1-16H2,(H,41,42,43)(H,44,45,46);;/q;2*+1/p-2. The van der Waals surface area contributed by atoms with E-state index >= 15 is 0 Å². The minimum atomic E-state index is -4.36. The molecule has 25 heteroatoms. The van der Waals surface area contributed by atoms with E-state index in [2.05, 4.69) is 63.8 Å². The Labute approximate surface area is 351 Å². The van der Waals surface area contributed by atoms with Gasteiger partial charge in [0.25, 0.3) is 0 Å². The Morgan fingerprint density at radius 3 is 1.48 bits per heavy atom. The third-order valence-corrected chi connectivity index (χ3v) is 11.0. The maximum Gasteiger partial charge on any atom is 1.00 e. The molecule has 13 N–H and O–H groups in total. The summed E-state index contributed by atoms with van der Waals surface area (Å²) in [6.45, 7) is 2.43. The molecule has 3 saturated heterocycles. The van der Waals surface area contributed by atoms with E-state index in [4.69, 9.17) is 14.6 Å². The fourth-order valence-corrected chi connectivity index (χ4v) is 8.07. The van der Waals surface area contributed by atoms with Gasteiger partial charge in [-0.15, -0.1) is 0 Å². The maximum absolute atomic E-state index is 11.2. The van der Waals surface area contributed by atoms with Crippen LogP contribution >= 0.6 is 0 Å². The van der Waals surface area contributed by atoms with Crippen molar-refractivity contribution in [1.29, 1.82) is 0 Å². The van der Waals surface area contributed by atoms with Crippen molar-refractivity contribution >= 4 is 20.2 Å². The molecular weight excluding hydrogens is 746 g/mol. The van der Waals surface area contributed by atoms with Gasteiger partial charge in [0, 0.05) is 38.3 Å². The van der Waals surface area contributed by atoms with Crippen LogP contribution in [0, 0.1) is 11.8 Å². The summed E-state index contributed by atoms with van der Waals surface area (Å²) in [6.07, 6.45) is 4.15. The first-order valence-electron chi connectivity index (χ1n) is 17.6. The molecule has 11 atom stereocenters. The Hall–Kier alpha value is 1.22. The minimum absolute atomic E-state index is 0. The van der Waals surface area contributed by atoms with Crippen molar-refractivity contribution < 1.29 is 99.6 Å². The van der Waals surface area contributed by atoms with Gasteiger partial charge in [0.15, 0.2) is 0 Å². The zero-order chi connectivity index (χ0) is 35.6. The predicted octanol–water partition coefficient (Wildman–Crippen LogP) is -12.4. The molecule has 0 amide bonds. The van der Waals surface area contributed by atoms with Crippen molar-refractivity contribution in [2.75, 3.05) is 64.1 Å². The topological polar surface area (TPSA) is 301 Å². The first-order valence-corrected chi connectivity index (χ1v) is 20.8. The summed E-state index contributed by atoms with van der Waals surface area (Å²) in [5, 5.41) is 49.8. The van der Waals surface area contributed by atoms with Gasteiger partial charge in [-0.25, -0.2) is 16.8 Å². The molecule has 0 spiro atoms. The SMILES string of the molecule is O=S(=O)([O-])CCNC1NC(NCCOCCO)NC(NC2CCCC3C(NC4NC(NCCS(=O)(=O)[O-])NC(NCC5CO5)N4)CCCC23)N1.[Na+].[Na+]. The largest absolute Gasteiger partial charge is 1.00 e. The molecule has 11 unspecified atom stereocenters. The Balaban J connectivity index is 0.00000364. The number of rotatable bonds is 21. The van der Waals surface area contributed by atoms with E-state index in [9.17, 15) is 25.9 Å². The van der Waals surface area contributed by atoms with Crippen LogP contribution in [0.5, 0.6) is 0 Å². The number of nitrogens with one attached hydrogen (secondary N) is 12. The average molecular weight is 803 g/mol. The number of epoxide rings is 1. The normalized spacial score (nSPS) is 35.2. The molecular formula is C27H56N12Na2O9S2. The van der Waals surface area contributed by atoms with E-state index in [1.807, 2.05) is 0 Å². The molecule has 0 bridgehead atoms. The van der Waals surface area contributed by atoms with Crippen LogP contribution in [0.25, 0.3) is 0 Å². The number of hydrogen-bond donors (Lipinski definition) is 13. The number of aliphatic hydroxyl groups excluding tert-OH is 1. The molecule has 3 aliphatic heterocycles. The molecule has 0 aromatic rings. The van der Waals surface area contributed by atoms with Crippen LogP contribution in [0.4, 0.5) is 0 Å². The minimum Gasteiger partial charge on any atom is -0.748 e. The van der Waals surface area contributed by atoms with Crippen LogP contribution in [0.15, 0.2) is 0 Å². The number of ether oxygens (including phenoxy) is 2. The maximum atomic E-state index is 11.2. The van der Waals surface area contributed by atoms with Gasteiger partial charge in [-0.05, 0) is 37.5 Å². The van der Waals surface area contributed by atoms with Crippen LogP contribution < -0.4 is 123 Å². The molecule has 5 aliphatic rings. The monoisotopic (exact) mass is 802 g/mol. The quantitative estimate of drug-likeness (QED) is 0.0222. The molecule has 0 aromatic heterocycles. The summed E-state index contributed by atoms with van der Waals surface area (Å²) in [5.41, 5.74) is 0. The molecule has 52 heavy (non-hydrogen) atoms. The molecule has 0 aromatic carbocycles. The zero-order valence-electron chi connectivity index (χ0n) is 30.2. The average Bonchev–Trinajstić information content (AvgIpc) is 3.88. The van der Waals surface area contributed by atoms with Gasteiger partial charge < -0.3 is 23.7 Å². The molecule has 2 saturated carbocycles. The van der Waals surface area contributed by atoms with Crippen molar-refractivity contribution in [3.63, 3.8) is 0 Å². The Bertz CT molecular complexity index is 1250. The smallest absolute Gasteiger partial charge is 0.748 e.